The Balaban J connectivity index is 1.58. The van der Waals surface area contributed by atoms with Crippen molar-refractivity contribution in [3.05, 3.63) is 23.3 Å². The van der Waals surface area contributed by atoms with E-state index in [-0.39, 0.29) is 23.8 Å². The summed E-state index contributed by atoms with van der Waals surface area (Å²) in [6, 6.07) is -0.495. The van der Waals surface area contributed by atoms with Crippen LogP contribution in [0.3, 0.4) is 0 Å². The summed E-state index contributed by atoms with van der Waals surface area (Å²) in [4.78, 5) is 51.7. The van der Waals surface area contributed by atoms with Gasteiger partial charge in [-0.2, -0.15) is 0 Å². The number of hydrogen-bond donors (Lipinski definition) is 7. The van der Waals surface area contributed by atoms with Crippen molar-refractivity contribution >= 4 is 23.7 Å². The van der Waals surface area contributed by atoms with Gasteiger partial charge in [-0.15, -0.1) is 0 Å². The Labute approximate surface area is 209 Å². The summed E-state index contributed by atoms with van der Waals surface area (Å²) in [5, 5.41) is 37.0. The van der Waals surface area contributed by atoms with E-state index in [1.807, 2.05) is 0 Å². The molecule has 198 valence electrons. The normalized spacial score (nSPS) is 20.8. The highest BCUT2D eigenvalue weighted by atomic mass is 16.4. The molecule has 2 aliphatic heterocycles. The molecule has 12 nitrogen and oxygen atoms in total. The first-order valence-corrected chi connectivity index (χ1v) is 12.2. The molecule has 12 heteroatoms. The molecular weight excluding hydrogens is 470 g/mol. The molecule has 4 atom stereocenters. The molecule has 1 saturated heterocycles. The molecule has 1 fully saturated rings. The van der Waals surface area contributed by atoms with Gasteiger partial charge in [-0.3, -0.25) is 14.4 Å². The Morgan fingerprint density at radius 1 is 1.14 bits per heavy atom. The highest BCUT2D eigenvalue weighted by Gasteiger charge is 2.39. The van der Waals surface area contributed by atoms with Crippen LogP contribution >= 0.6 is 0 Å². The number of nitrogens with zero attached hydrogens (tertiary/aromatic N) is 1. The van der Waals surface area contributed by atoms with Gasteiger partial charge >= 0.3 is 5.97 Å². The zero-order valence-corrected chi connectivity index (χ0v) is 20.3. The number of likely N-dealkylation sites (tertiary alicyclic amines) is 1. The molecule has 0 saturated carbocycles. The molecule has 0 aliphatic carbocycles. The maximum atomic E-state index is 13.3. The first-order valence-electron chi connectivity index (χ1n) is 12.2. The van der Waals surface area contributed by atoms with Crippen LogP contribution in [0.5, 0.6) is 11.5 Å². The smallest absolute Gasteiger partial charge is 0.326 e. The Morgan fingerprint density at radius 2 is 1.83 bits per heavy atom. The molecule has 3 rings (SSSR count). The number of unbranched alkanes of at least 4 members (excludes halogenated alkanes) is 1. The largest absolute Gasteiger partial charge is 0.504 e. The second kappa shape index (κ2) is 12.0. The number of aliphatic carboxylic acids is 1. The van der Waals surface area contributed by atoms with Crippen LogP contribution in [0.2, 0.25) is 0 Å². The van der Waals surface area contributed by atoms with Gasteiger partial charge in [0.2, 0.25) is 17.7 Å². The summed E-state index contributed by atoms with van der Waals surface area (Å²) in [6.07, 6.45) is 2.80. The fraction of sp³-hybridized carbons (Fsp3) is 0.583. The third-order valence-electron chi connectivity index (χ3n) is 6.71. The molecule has 2 heterocycles. The predicted molar refractivity (Wildman–Crippen MR) is 129 cm³/mol. The van der Waals surface area contributed by atoms with Gasteiger partial charge in [-0.1, -0.05) is 0 Å². The van der Waals surface area contributed by atoms with E-state index >= 15 is 0 Å². The highest BCUT2D eigenvalue weighted by molar-refractivity contribution is 5.94. The fourth-order valence-electron chi connectivity index (χ4n) is 4.64. The molecule has 0 spiro atoms. The first-order chi connectivity index (χ1) is 17.1. The van der Waals surface area contributed by atoms with Gasteiger partial charge in [-0.05, 0) is 75.3 Å². The number of carboxylic acid groups (broad SMARTS) is 1. The number of phenolic OH excluding ortho intramolecular Hbond substituents is 2. The van der Waals surface area contributed by atoms with Gasteiger partial charge in [0.1, 0.15) is 18.1 Å². The molecule has 3 amide bonds. The summed E-state index contributed by atoms with van der Waals surface area (Å²) in [5.41, 5.74) is 6.96. The van der Waals surface area contributed by atoms with Crippen molar-refractivity contribution in [2.45, 2.75) is 76.2 Å². The van der Waals surface area contributed by atoms with Crippen molar-refractivity contribution in [1.82, 2.24) is 20.9 Å². The van der Waals surface area contributed by atoms with Gasteiger partial charge in [0, 0.05) is 13.1 Å². The van der Waals surface area contributed by atoms with E-state index in [4.69, 9.17) is 5.73 Å². The number of aromatic hydroxyl groups is 2. The maximum absolute atomic E-state index is 13.3. The molecule has 36 heavy (non-hydrogen) atoms. The lowest BCUT2D eigenvalue weighted by Crippen LogP contribution is -2.56. The highest BCUT2D eigenvalue weighted by Crippen LogP contribution is 2.31. The number of hydrogen-bond acceptors (Lipinski definition) is 8. The Kier molecular flexibility index (Phi) is 9.10. The predicted octanol–water partition coefficient (Wildman–Crippen LogP) is -0.694. The minimum atomic E-state index is -1.16. The average Bonchev–Trinajstić information content (AvgIpc) is 3.33. The van der Waals surface area contributed by atoms with Gasteiger partial charge in [0.15, 0.2) is 11.5 Å². The van der Waals surface area contributed by atoms with Crippen molar-refractivity contribution in [2.75, 3.05) is 13.1 Å². The zero-order chi connectivity index (χ0) is 26.4. The van der Waals surface area contributed by atoms with E-state index in [9.17, 15) is 34.5 Å². The molecule has 0 bridgehead atoms. The van der Waals surface area contributed by atoms with Crippen molar-refractivity contribution < 1.29 is 34.5 Å². The monoisotopic (exact) mass is 505 g/mol. The molecule has 4 unspecified atom stereocenters. The van der Waals surface area contributed by atoms with E-state index in [0.717, 1.165) is 11.1 Å². The van der Waals surface area contributed by atoms with Crippen molar-refractivity contribution in [1.29, 1.82) is 0 Å². The SMILES string of the molecule is CC(NC(=O)C1CCCN1C(=O)C1Cc2cc(O)c(O)cc2CN1)C(=O)NC(CCCCN)C(=O)O. The van der Waals surface area contributed by atoms with E-state index in [2.05, 4.69) is 16.0 Å². The molecule has 0 radical (unpaired) electrons. The number of phenols is 2. The number of carboxylic acids is 1. The lowest BCUT2D eigenvalue weighted by molar-refractivity contribution is -0.143. The van der Waals surface area contributed by atoms with Crippen LogP contribution in [0.25, 0.3) is 0 Å². The van der Waals surface area contributed by atoms with E-state index in [0.29, 0.717) is 51.7 Å². The Bertz CT molecular complexity index is 1000. The lowest BCUT2D eigenvalue weighted by Gasteiger charge is -2.32. The molecule has 0 aromatic heterocycles. The summed E-state index contributed by atoms with van der Waals surface area (Å²) in [6.45, 7) is 2.62. The van der Waals surface area contributed by atoms with E-state index in [1.54, 1.807) is 0 Å². The second-order valence-electron chi connectivity index (χ2n) is 9.35. The van der Waals surface area contributed by atoms with Crippen LogP contribution in [-0.4, -0.2) is 81.2 Å². The number of benzene rings is 1. The van der Waals surface area contributed by atoms with Crippen LogP contribution in [0.15, 0.2) is 12.1 Å². The van der Waals surface area contributed by atoms with Crippen LogP contribution < -0.4 is 21.7 Å². The number of amides is 3. The third-order valence-corrected chi connectivity index (χ3v) is 6.71. The summed E-state index contributed by atoms with van der Waals surface area (Å²) in [5.74, 6) is -2.98. The fourth-order valence-corrected chi connectivity index (χ4v) is 4.64. The number of nitrogens with one attached hydrogen (secondary N) is 3. The number of fused-ring (bicyclic) bond motifs is 1. The standard InChI is InChI=1S/C24H35N5O7/c1-13(21(32)28-16(24(35)36)5-2-3-7-25)27-22(33)18-6-4-8-29(18)23(34)17-9-14-10-19(30)20(31)11-15(14)12-26-17/h10-11,13,16-18,26,30-31H,2-9,12,25H2,1H3,(H,27,33)(H,28,32)(H,35,36). The number of carbonyl (C=O) groups excluding carboxylic acids is 3. The second-order valence-corrected chi connectivity index (χ2v) is 9.35. The van der Waals surface area contributed by atoms with E-state index in [1.165, 1.54) is 24.0 Å². The molecule has 2 aliphatic rings. The number of rotatable bonds is 10. The third kappa shape index (κ3) is 6.43. The van der Waals surface area contributed by atoms with Crippen LogP contribution in [0.1, 0.15) is 50.2 Å². The topological polar surface area (TPSA) is 194 Å². The average molecular weight is 506 g/mol. The molecule has 8 N–H and O–H groups in total. The van der Waals surface area contributed by atoms with E-state index < -0.39 is 42.0 Å². The lowest BCUT2D eigenvalue weighted by atomic mass is 9.94. The van der Waals surface area contributed by atoms with Crippen LogP contribution in [-0.2, 0) is 32.1 Å². The molecule has 1 aromatic carbocycles. The van der Waals surface area contributed by atoms with Gasteiger partial charge in [0.25, 0.3) is 0 Å². The van der Waals surface area contributed by atoms with Crippen LogP contribution in [0.4, 0.5) is 0 Å². The Hall–Kier alpha value is -3.38. The minimum absolute atomic E-state index is 0.222. The number of carbonyl (C=O) groups is 4. The first kappa shape index (κ1) is 27.2. The van der Waals surface area contributed by atoms with Crippen molar-refractivity contribution in [3.8, 4) is 11.5 Å². The summed E-state index contributed by atoms with van der Waals surface area (Å²) < 4.78 is 0. The molecule has 1 aromatic rings. The summed E-state index contributed by atoms with van der Waals surface area (Å²) in [7, 11) is 0. The maximum Gasteiger partial charge on any atom is 0.326 e. The Morgan fingerprint density at radius 3 is 2.50 bits per heavy atom. The van der Waals surface area contributed by atoms with Crippen molar-refractivity contribution in [2.24, 2.45) is 5.73 Å². The van der Waals surface area contributed by atoms with Gasteiger partial charge in [0.05, 0.1) is 6.04 Å². The van der Waals surface area contributed by atoms with Gasteiger partial charge in [-0.25, -0.2) is 4.79 Å². The minimum Gasteiger partial charge on any atom is -0.504 e. The number of nitrogens with two attached hydrogens (primary N) is 1. The van der Waals surface area contributed by atoms with Crippen molar-refractivity contribution in [3.63, 3.8) is 0 Å². The summed E-state index contributed by atoms with van der Waals surface area (Å²) >= 11 is 0. The quantitative estimate of drug-likeness (QED) is 0.159. The molecular formula is C24H35N5O7. The van der Waals surface area contributed by atoms with Gasteiger partial charge < -0.3 is 41.9 Å². The van der Waals surface area contributed by atoms with Crippen LogP contribution in [0, 0.1) is 0 Å². The zero-order valence-electron chi connectivity index (χ0n) is 20.3.